The third kappa shape index (κ3) is 2.46. The monoisotopic (exact) mass is 272 g/mol. The Morgan fingerprint density at radius 1 is 1.30 bits per heavy atom. The van der Waals surface area contributed by atoms with E-state index in [1.165, 1.54) is 0 Å². The van der Waals surface area contributed by atoms with Crippen LogP contribution in [0.2, 0.25) is 0 Å². The first-order valence-electron chi connectivity index (χ1n) is 6.69. The summed E-state index contributed by atoms with van der Waals surface area (Å²) in [6.45, 7) is 7.90. The van der Waals surface area contributed by atoms with E-state index in [-0.39, 0.29) is 11.8 Å². The van der Waals surface area contributed by atoms with Crippen molar-refractivity contribution in [3.63, 3.8) is 0 Å². The molecule has 0 saturated carbocycles. The minimum Gasteiger partial charge on any atom is -0.493 e. The predicted octanol–water partition coefficient (Wildman–Crippen LogP) is 3.32. The zero-order valence-electron chi connectivity index (χ0n) is 12.6. The van der Waals surface area contributed by atoms with Crippen LogP contribution < -0.4 is 4.74 Å². The van der Waals surface area contributed by atoms with Crippen molar-refractivity contribution in [1.29, 1.82) is 0 Å². The van der Waals surface area contributed by atoms with Gasteiger partial charge in [0.05, 0.1) is 13.3 Å². The fraction of sp³-hybridized carbons (Fsp3) is 0.375. The maximum atomic E-state index is 12.8. The van der Waals surface area contributed by atoms with Crippen molar-refractivity contribution in [3.05, 3.63) is 46.8 Å². The van der Waals surface area contributed by atoms with Crippen molar-refractivity contribution < 1.29 is 9.53 Å². The molecule has 0 aliphatic carbocycles. The van der Waals surface area contributed by atoms with Crippen molar-refractivity contribution in [2.45, 2.75) is 33.7 Å². The summed E-state index contributed by atoms with van der Waals surface area (Å²) in [4.78, 5) is 12.8. The minimum absolute atomic E-state index is 0.0470. The third-order valence-corrected chi connectivity index (χ3v) is 3.32. The van der Waals surface area contributed by atoms with Gasteiger partial charge < -0.3 is 4.74 Å². The van der Waals surface area contributed by atoms with Gasteiger partial charge in [-0.2, -0.15) is 5.10 Å². The van der Waals surface area contributed by atoms with E-state index in [1.807, 2.05) is 45.9 Å². The SMILES string of the molecule is COc1cnn(C(C)C)c1C(=O)c1cc(C)ccc1C. The Balaban J connectivity index is 2.58. The van der Waals surface area contributed by atoms with Gasteiger partial charge in [0.1, 0.15) is 0 Å². The second-order valence-corrected chi connectivity index (χ2v) is 5.25. The molecule has 0 atom stereocenters. The lowest BCUT2D eigenvalue weighted by Crippen LogP contribution is -2.15. The van der Waals surface area contributed by atoms with Gasteiger partial charge in [0.2, 0.25) is 5.78 Å². The normalized spacial score (nSPS) is 10.9. The Hall–Kier alpha value is -2.10. The van der Waals surface area contributed by atoms with Crippen molar-refractivity contribution in [3.8, 4) is 5.75 Å². The summed E-state index contributed by atoms with van der Waals surface area (Å²) in [6.07, 6.45) is 1.60. The van der Waals surface area contributed by atoms with Crippen LogP contribution in [0.15, 0.2) is 24.4 Å². The van der Waals surface area contributed by atoms with E-state index in [9.17, 15) is 4.79 Å². The Kier molecular flexibility index (Phi) is 3.93. The minimum atomic E-state index is -0.0470. The van der Waals surface area contributed by atoms with E-state index in [0.29, 0.717) is 17.0 Å². The molecule has 20 heavy (non-hydrogen) atoms. The second-order valence-electron chi connectivity index (χ2n) is 5.25. The highest BCUT2D eigenvalue weighted by Gasteiger charge is 2.23. The Morgan fingerprint density at radius 2 is 2.00 bits per heavy atom. The maximum absolute atomic E-state index is 12.8. The number of hydrogen-bond donors (Lipinski definition) is 0. The molecular formula is C16H20N2O2. The largest absolute Gasteiger partial charge is 0.493 e. The Labute approximate surface area is 119 Å². The van der Waals surface area contributed by atoms with Gasteiger partial charge in [0.15, 0.2) is 11.4 Å². The summed E-state index contributed by atoms with van der Waals surface area (Å²) in [5.41, 5.74) is 3.23. The number of aryl methyl sites for hydroxylation is 2. The smallest absolute Gasteiger partial charge is 0.215 e. The number of hydrogen-bond acceptors (Lipinski definition) is 3. The van der Waals surface area contributed by atoms with Crippen LogP contribution >= 0.6 is 0 Å². The molecule has 0 aliphatic heterocycles. The number of rotatable bonds is 4. The van der Waals surface area contributed by atoms with Crippen LogP contribution in [-0.4, -0.2) is 22.7 Å². The second kappa shape index (κ2) is 5.49. The molecule has 0 saturated heterocycles. The fourth-order valence-corrected chi connectivity index (χ4v) is 2.21. The molecule has 0 unspecified atom stereocenters. The van der Waals surface area contributed by atoms with E-state index >= 15 is 0 Å². The molecular weight excluding hydrogens is 252 g/mol. The Morgan fingerprint density at radius 3 is 2.60 bits per heavy atom. The first kappa shape index (κ1) is 14.3. The highest BCUT2D eigenvalue weighted by Crippen LogP contribution is 2.25. The van der Waals surface area contributed by atoms with Gasteiger partial charge in [-0.3, -0.25) is 9.48 Å². The third-order valence-electron chi connectivity index (χ3n) is 3.32. The number of nitrogens with zero attached hydrogens (tertiary/aromatic N) is 2. The number of aromatic nitrogens is 2. The van der Waals surface area contributed by atoms with E-state index in [4.69, 9.17) is 4.74 Å². The number of benzene rings is 1. The van der Waals surface area contributed by atoms with Crippen LogP contribution in [0.3, 0.4) is 0 Å². The molecule has 0 N–H and O–H groups in total. The summed E-state index contributed by atoms with van der Waals surface area (Å²) >= 11 is 0. The van der Waals surface area contributed by atoms with Crippen LogP contribution in [0.25, 0.3) is 0 Å². The number of carbonyl (C=O) groups is 1. The molecule has 2 rings (SSSR count). The zero-order valence-corrected chi connectivity index (χ0v) is 12.6. The van der Waals surface area contributed by atoms with E-state index in [0.717, 1.165) is 11.1 Å². The van der Waals surface area contributed by atoms with Crippen LogP contribution in [0.4, 0.5) is 0 Å². The van der Waals surface area contributed by atoms with Gasteiger partial charge in [-0.25, -0.2) is 0 Å². The van der Waals surface area contributed by atoms with Crippen molar-refractivity contribution in [2.24, 2.45) is 0 Å². The molecule has 106 valence electrons. The standard InChI is InChI=1S/C16H20N2O2/c1-10(2)18-15(14(20-5)9-17-18)16(19)13-8-11(3)6-7-12(13)4/h6-10H,1-5H3. The van der Waals surface area contributed by atoms with Crippen LogP contribution in [0, 0.1) is 13.8 Å². The number of ketones is 1. The van der Waals surface area contributed by atoms with Gasteiger partial charge in [-0.05, 0) is 39.3 Å². The molecule has 0 radical (unpaired) electrons. The molecule has 0 bridgehead atoms. The van der Waals surface area contributed by atoms with E-state index in [2.05, 4.69) is 5.10 Å². The molecule has 4 nitrogen and oxygen atoms in total. The fourth-order valence-electron chi connectivity index (χ4n) is 2.21. The van der Waals surface area contributed by atoms with Crippen LogP contribution in [0.1, 0.15) is 47.1 Å². The highest BCUT2D eigenvalue weighted by atomic mass is 16.5. The summed E-state index contributed by atoms with van der Waals surface area (Å²) in [6, 6.07) is 5.98. The molecule has 2 aromatic rings. The zero-order chi connectivity index (χ0) is 14.9. The summed E-state index contributed by atoms with van der Waals surface area (Å²) in [7, 11) is 1.56. The molecule has 1 aromatic heterocycles. The van der Waals surface area contributed by atoms with Gasteiger partial charge in [0.25, 0.3) is 0 Å². The molecule has 4 heteroatoms. The topological polar surface area (TPSA) is 44.1 Å². The summed E-state index contributed by atoms with van der Waals surface area (Å²) in [5.74, 6) is 0.471. The summed E-state index contributed by atoms with van der Waals surface area (Å²) < 4.78 is 7.00. The highest BCUT2D eigenvalue weighted by molar-refractivity contribution is 6.10. The van der Waals surface area contributed by atoms with Crippen molar-refractivity contribution in [2.75, 3.05) is 7.11 Å². The van der Waals surface area contributed by atoms with Gasteiger partial charge in [-0.1, -0.05) is 17.7 Å². The van der Waals surface area contributed by atoms with E-state index < -0.39 is 0 Å². The lowest BCUT2D eigenvalue weighted by molar-refractivity contribution is 0.102. The van der Waals surface area contributed by atoms with Crippen molar-refractivity contribution in [1.82, 2.24) is 9.78 Å². The van der Waals surface area contributed by atoms with E-state index in [1.54, 1.807) is 18.0 Å². The quantitative estimate of drug-likeness (QED) is 0.802. The van der Waals surface area contributed by atoms with Gasteiger partial charge in [-0.15, -0.1) is 0 Å². The van der Waals surface area contributed by atoms with Crippen LogP contribution in [-0.2, 0) is 0 Å². The lowest BCUT2D eigenvalue weighted by Gasteiger charge is -2.13. The molecule has 0 amide bonds. The van der Waals surface area contributed by atoms with Crippen LogP contribution in [0.5, 0.6) is 5.75 Å². The molecule has 0 spiro atoms. The first-order chi connectivity index (χ1) is 9.45. The molecule has 1 aromatic carbocycles. The number of carbonyl (C=O) groups excluding carboxylic acids is 1. The van der Waals surface area contributed by atoms with Gasteiger partial charge in [0, 0.05) is 11.6 Å². The average molecular weight is 272 g/mol. The van der Waals surface area contributed by atoms with Crippen molar-refractivity contribution >= 4 is 5.78 Å². The van der Waals surface area contributed by atoms with Gasteiger partial charge >= 0.3 is 0 Å². The first-order valence-corrected chi connectivity index (χ1v) is 6.69. The average Bonchev–Trinajstić information content (AvgIpc) is 2.84. The predicted molar refractivity (Wildman–Crippen MR) is 78.5 cm³/mol. The molecule has 1 heterocycles. The Bertz CT molecular complexity index is 642. The molecule has 0 aliphatic rings. The maximum Gasteiger partial charge on any atom is 0.215 e. The summed E-state index contributed by atoms with van der Waals surface area (Å²) in [5, 5.41) is 4.26. The number of ether oxygens (including phenoxy) is 1. The number of methoxy groups -OCH3 is 1. The molecule has 0 fully saturated rings. The lowest BCUT2D eigenvalue weighted by atomic mass is 10.00.